The van der Waals surface area contributed by atoms with Crippen LogP contribution in [0.15, 0.2) is 48.5 Å². The number of hydrogen-bond acceptors (Lipinski definition) is 1. The fourth-order valence-electron chi connectivity index (χ4n) is 1.80. The second-order valence-corrected chi connectivity index (χ2v) is 4.37. The second-order valence-electron chi connectivity index (χ2n) is 4.37. The van der Waals surface area contributed by atoms with Crippen molar-refractivity contribution in [3.05, 3.63) is 54.1 Å². The Morgan fingerprint density at radius 3 is 1.88 bits per heavy atom. The lowest BCUT2D eigenvalue weighted by Crippen LogP contribution is -1.98. The van der Waals surface area contributed by atoms with Crippen molar-refractivity contribution in [1.82, 2.24) is 0 Å². The molecular formula is C16H19N. The molecule has 1 heteroatoms. The van der Waals surface area contributed by atoms with Crippen molar-refractivity contribution in [3.63, 3.8) is 0 Å². The van der Waals surface area contributed by atoms with Gasteiger partial charge in [-0.1, -0.05) is 48.9 Å². The molecule has 0 aliphatic heterocycles. The highest BCUT2D eigenvalue weighted by Crippen LogP contribution is 2.21. The molecule has 0 amide bonds. The third-order valence-electron chi connectivity index (χ3n) is 2.85. The van der Waals surface area contributed by atoms with Gasteiger partial charge in [0.15, 0.2) is 0 Å². The fourth-order valence-corrected chi connectivity index (χ4v) is 1.80. The zero-order valence-corrected chi connectivity index (χ0v) is 10.5. The summed E-state index contributed by atoms with van der Waals surface area (Å²) in [5.41, 5.74) is 5.04. The lowest BCUT2D eigenvalue weighted by Gasteiger charge is -2.06. The Kier molecular flexibility index (Phi) is 3.81. The van der Waals surface area contributed by atoms with Crippen molar-refractivity contribution in [2.75, 3.05) is 11.9 Å². The van der Waals surface area contributed by atoms with E-state index in [2.05, 4.69) is 67.7 Å². The highest BCUT2D eigenvalue weighted by molar-refractivity contribution is 5.66. The van der Waals surface area contributed by atoms with E-state index in [1.54, 1.807) is 0 Å². The molecule has 0 fully saturated rings. The SMILES string of the molecule is CCCNc1ccc(-c2ccc(C)cc2)cc1. The van der Waals surface area contributed by atoms with Gasteiger partial charge in [0, 0.05) is 12.2 Å². The Labute approximate surface area is 103 Å². The first-order valence-corrected chi connectivity index (χ1v) is 6.20. The molecule has 0 saturated heterocycles. The van der Waals surface area contributed by atoms with Crippen LogP contribution in [0.4, 0.5) is 5.69 Å². The normalized spacial score (nSPS) is 10.2. The van der Waals surface area contributed by atoms with E-state index in [1.807, 2.05) is 0 Å². The van der Waals surface area contributed by atoms with E-state index in [0.717, 1.165) is 13.0 Å². The predicted molar refractivity (Wildman–Crippen MR) is 75.4 cm³/mol. The third-order valence-corrected chi connectivity index (χ3v) is 2.85. The molecule has 0 radical (unpaired) electrons. The van der Waals surface area contributed by atoms with E-state index in [0.29, 0.717) is 0 Å². The van der Waals surface area contributed by atoms with Crippen LogP contribution in [0.2, 0.25) is 0 Å². The molecule has 0 spiro atoms. The van der Waals surface area contributed by atoms with Crippen molar-refractivity contribution < 1.29 is 0 Å². The Bertz CT molecular complexity index is 454. The van der Waals surface area contributed by atoms with Crippen LogP contribution in [-0.4, -0.2) is 6.54 Å². The highest BCUT2D eigenvalue weighted by Gasteiger charge is 1.97. The maximum atomic E-state index is 3.38. The minimum Gasteiger partial charge on any atom is -0.385 e. The van der Waals surface area contributed by atoms with E-state index < -0.39 is 0 Å². The van der Waals surface area contributed by atoms with Crippen LogP contribution in [0, 0.1) is 6.92 Å². The summed E-state index contributed by atoms with van der Waals surface area (Å²) in [6.45, 7) is 5.32. The van der Waals surface area contributed by atoms with Crippen molar-refractivity contribution in [2.45, 2.75) is 20.3 Å². The average molecular weight is 225 g/mol. The van der Waals surface area contributed by atoms with Gasteiger partial charge >= 0.3 is 0 Å². The van der Waals surface area contributed by atoms with Crippen molar-refractivity contribution in [1.29, 1.82) is 0 Å². The minimum atomic E-state index is 1.03. The van der Waals surface area contributed by atoms with Gasteiger partial charge in [0.25, 0.3) is 0 Å². The number of hydrogen-bond donors (Lipinski definition) is 1. The van der Waals surface area contributed by atoms with Gasteiger partial charge in [-0.25, -0.2) is 0 Å². The van der Waals surface area contributed by atoms with Gasteiger partial charge in [-0.15, -0.1) is 0 Å². The van der Waals surface area contributed by atoms with E-state index in [1.165, 1.54) is 22.4 Å². The molecule has 0 atom stereocenters. The smallest absolute Gasteiger partial charge is 0.0340 e. The molecule has 2 aromatic rings. The van der Waals surface area contributed by atoms with Crippen molar-refractivity contribution in [3.8, 4) is 11.1 Å². The van der Waals surface area contributed by atoms with E-state index in [9.17, 15) is 0 Å². The quantitative estimate of drug-likeness (QED) is 0.808. The monoisotopic (exact) mass is 225 g/mol. The van der Waals surface area contributed by atoms with Crippen LogP contribution in [0.1, 0.15) is 18.9 Å². The summed E-state index contributed by atoms with van der Waals surface area (Å²) in [4.78, 5) is 0. The summed E-state index contributed by atoms with van der Waals surface area (Å²) >= 11 is 0. The van der Waals surface area contributed by atoms with Crippen molar-refractivity contribution >= 4 is 5.69 Å². The summed E-state index contributed by atoms with van der Waals surface area (Å²) in [5, 5.41) is 3.38. The molecule has 2 rings (SSSR count). The lowest BCUT2D eigenvalue weighted by molar-refractivity contribution is 0.980. The molecule has 0 saturated carbocycles. The summed E-state index contributed by atoms with van der Waals surface area (Å²) in [5.74, 6) is 0. The molecular weight excluding hydrogens is 206 g/mol. The molecule has 0 aliphatic rings. The molecule has 0 aliphatic carbocycles. The van der Waals surface area contributed by atoms with Crippen LogP contribution in [0.5, 0.6) is 0 Å². The second kappa shape index (κ2) is 5.53. The first-order valence-electron chi connectivity index (χ1n) is 6.20. The number of rotatable bonds is 4. The lowest BCUT2D eigenvalue weighted by atomic mass is 10.0. The zero-order valence-electron chi connectivity index (χ0n) is 10.5. The van der Waals surface area contributed by atoms with Crippen LogP contribution in [0.3, 0.4) is 0 Å². The van der Waals surface area contributed by atoms with Gasteiger partial charge in [-0.2, -0.15) is 0 Å². The first-order chi connectivity index (χ1) is 8.29. The molecule has 0 heterocycles. The van der Waals surface area contributed by atoms with Crippen LogP contribution in [-0.2, 0) is 0 Å². The largest absolute Gasteiger partial charge is 0.385 e. The van der Waals surface area contributed by atoms with E-state index >= 15 is 0 Å². The number of aryl methyl sites for hydroxylation is 1. The average Bonchev–Trinajstić information content (AvgIpc) is 2.38. The maximum absolute atomic E-state index is 3.38. The Morgan fingerprint density at radius 1 is 0.824 bits per heavy atom. The molecule has 1 N–H and O–H groups in total. The van der Waals surface area contributed by atoms with Gasteiger partial charge < -0.3 is 5.32 Å². The molecule has 2 aromatic carbocycles. The summed E-state index contributed by atoms with van der Waals surface area (Å²) in [6, 6.07) is 17.3. The van der Waals surface area contributed by atoms with E-state index in [-0.39, 0.29) is 0 Å². The topological polar surface area (TPSA) is 12.0 Å². The minimum absolute atomic E-state index is 1.03. The van der Waals surface area contributed by atoms with Gasteiger partial charge in [0.05, 0.1) is 0 Å². The third kappa shape index (κ3) is 3.10. The molecule has 17 heavy (non-hydrogen) atoms. The van der Waals surface area contributed by atoms with Crippen LogP contribution in [0.25, 0.3) is 11.1 Å². The zero-order chi connectivity index (χ0) is 12.1. The fraction of sp³-hybridized carbons (Fsp3) is 0.250. The summed E-state index contributed by atoms with van der Waals surface area (Å²) in [7, 11) is 0. The number of anilines is 1. The Balaban J connectivity index is 2.14. The highest BCUT2D eigenvalue weighted by atomic mass is 14.9. The molecule has 0 aromatic heterocycles. The van der Waals surface area contributed by atoms with E-state index in [4.69, 9.17) is 0 Å². The molecule has 0 bridgehead atoms. The Hall–Kier alpha value is -1.76. The molecule has 88 valence electrons. The van der Waals surface area contributed by atoms with Gasteiger partial charge in [0.1, 0.15) is 0 Å². The maximum Gasteiger partial charge on any atom is 0.0340 e. The van der Waals surface area contributed by atoms with Gasteiger partial charge in [0.2, 0.25) is 0 Å². The summed E-state index contributed by atoms with van der Waals surface area (Å²) < 4.78 is 0. The Morgan fingerprint density at radius 2 is 1.35 bits per heavy atom. The first kappa shape index (κ1) is 11.7. The number of nitrogens with one attached hydrogen (secondary N) is 1. The number of benzene rings is 2. The van der Waals surface area contributed by atoms with Gasteiger partial charge in [-0.3, -0.25) is 0 Å². The van der Waals surface area contributed by atoms with Crippen LogP contribution >= 0.6 is 0 Å². The predicted octanol–water partition coefficient (Wildman–Crippen LogP) is 4.48. The van der Waals surface area contributed by atoms with Crippen molar-refractivity contribution in [2.24, 2.45) is 0 Å². The van der Waals surface area contributed by atoms with Crippen LogP contribution < -0.4 is 5.32 Å². The molecule has 1 nitrogen and oxygen atoms in total. The molecule has 0 unspecified atom stereocenters. The summed E-state index contributed by atoms with van der Waals surface area (Å²) in [6.07, 6.45) is 1.15. The standard InChI is InChI=1S/C16H19N/c1-3-12-17-16-10-8-15(9-11-16)14-6-4-13(2)5-7-14/h4-11,17H,3,12H2,1-2H3. The van der Waals surface area contributed by atoms with Gasteiger partial charge in [-0.05, 0) is 36.6 Å².